The second-order valence-electron chi connectivity index (χ2n) is 6.09. The molecule has 2 aromatic rings. The summed E-state index contributed by atoms with van der Waals surface area (Å²) in [7, 11) is 4.00. The number of carboxylic acid groups (broad SMARTS) is 1. The standard InChI is InChI=1S/C16H23N3O2/c1-10(2)15(18(4)5)16-17-12-8-11(3)6-7-13(12)19(16)9-14(20)21/h6-8,10,15H,9H2,1-5H3,(H,20,21). The Hall–Kier alpha value is -1.88. The van der Waals surface area contributed by atoms with E-state index >= 15 is 0 Å². The van der Waals surface area contributed by atoms with E-state index in [0.717, 1.165) is 22.4 Å². The predicted octanol–water partition coefficient (Wildman–Crippen LogP) is 2.69. The molecular weight excluding hydrogens is 266 g/mol. The Morgan fingerprint density at radius 3 is 2.57 bits per heavy atom. The van der Waals surface area contributed by atoms with Crippen LogP contribution in [0.1, 0.15) is 31.3 Å². The Kier molecular flexibility index (Phi) is 4.32. The second kappa shape index (κ2) is 5.85. The monoisotopic (exact) mass is 289 g/mol. The number of hydrogen-bond donors (Lipinski definition) is 1. The maximum absolute atomic E-state index is 11.2. The topological polar surface area (TPSA) is 58.4 Å². The van der Waals surface area contributed by atoms with Crippen LogP contribution in [0.3, 0.4) is 0 Å². The van der Waals surface area contributed by atoms with Crippen molar-refractivity contribution in [2.75, 3.05) is 14.1 Å². The van der Waals surface area contributed by atoms with Gasteiger partial charge in [0.25, 0.3) is 0 Å². The number of fused-ring (bicyclic) bond motifs is 1. The highest BCUT2D eigenvalue weighted by atomic mass is 16.4. The van der Waals surface area contributed by atoms with Crippen molar-refractivity contribution in [3.05, 3.63) is 29.6 Å². The van der Waals surface area contributed by atoms with Gasteiger partial charge in [-0.05, 0) is 44.6 Å². The number of nitrogens with zero attached hydrogens (tertiary/aromatic N) is 3. The van der Waals surface area contributed by atoms with Gasteiger partial charge in [0.15, 0.2) is 0 Å². The number of hydrogen-bond acceptors (Lipinski definition) is 3. The van der Waals surface area contributed by atoms with Crippen LogP contribution in [0, 0.1) is 12.8 Å². The summed E-state index contributed by atoms with van der Waals surface area (Å²) < 4.78 is 1.82. The number of carboxylic acids is 1. The van der Waals surface area contributed by atoms with Crippen molar-refractivity contribution in [3.63, 3.8) is 0 Å². The van der Waals surface area contributed by atoms with E-state index in [0.29, 0.717) is 5.92 Å². The first-order valence-electron chi connectivity index (χ1n) is 7.16. The molecule has 2 rings (SSSR count). The molecular formula is C16H23N3O2. The number of imidazole rings is 1. The lowest BCUT2D eigenvalue weighted by molar-refractivity contribution is -0.137. The summed E-state index contributed by atoms with van der Waals surface area (Å²) in [6, 6.07) is 6.03. The van der Waals surface area contributed by atoms with Crippen LogP contribution in [0.15, 0.2) is 18.2 Å². The Labute approximate surface area is 125 Å². The van der Waals surface area contributed by atoms with Crippen molar-refractivity contribution < 1.29 is 9.90 Å². The van der Waals surface area contributed by atoms with E-state index in [1.807, 2.05) is 43.8 Å². The van der Waals surface area contributed by atoms with Crippen LogP contribution in [0.5, 0.6) is 0 Å². The molecule has 1 aromatic heterocycles. The van der Waals surface area contributed by atoms with Crippen LogP contribution in [0.4, 0.5) is 0 Å². The van der Waals surface area contributed by atoms with E-state index in [4.69, 9.17) is 4.98 Å². The third kappa shape index (κ3) is 3.08. The first-order chi connectivity index (χ1) is 9.81. The molecule has 0 bridgehead atoms. The minimum Gasteiger partial charge on any atom is -0.480 e. The largest absolute Gasteiger partial charge is 0.480 e. The summed E-state index contributed by atoms with van der Waals surface area (Å²) in [5, 5.41) is 9.22. The van der Waals surface area contributed by atoms with Crippen LogP contribution in [0.2, 0.25) is 0 Å². The van der Waals surface area contributed by atoms with Gasteiger partial charge in [-0.3, -0.25) is 9.69 Å². The second-order valence-corrected chi connectivity index (χ2v) is 6.09. The van der Waals surface area contributed by atoms with E-state index in [1.165, 1.54) is 0 Å². The Morgan fingerprint density at radius 2 is 2.05 bits per heavy atom. The number of aliphatic carboxylic acids is 1. The van der Waals surface area contributed by atoms with Gasteiger partial charge in [-0.1, -0.05) is 19.9 Å². The Balaban J connectivity index is 2.67. The lowest BCUT2D eigenvalue weighted by Crippen LogP contribution is -2.28. The molecule has 0 aliphatic rings. The summed E-state index contributed by atoms with van der Waals surface area (Å²) in [4.78, 5) is 18.1. The molecule has 0 spiro atoms. The molecule has 0 aliphatic heterocycles. The van der Waals surface area contributed by atoms with Crippen molar-refractivity contribution in [3.8, 4) is 0 Å². The maximum atomic E-state index is 11.2. The van der Waals surface area contributed by atoms with Crippen molar-refractivity contribution in [2.24, 2.45) is 5.92 Å². The molecule has 0 aliphatic carbocycles. The molecule has 0 amide bonds. The molecule has 1 atom stereocenters. The quantitative estimate of drug-likeness (QED) is 0.919. The summed E-state index contributed by atoms with van der Waals surface area (Å²) in [6.07, 6.45) is 0. The molecule has 0 radical (unpaired) electrons. The van der Waals surface area contributed by atoms with E-state index in [2.05, 4.69) is 18.7 Å². The molecule has 1 N–H and O–H groups in total. The van der Waals surface area contributed by atoms with Gasteiger partial charge in [0.05, 0.1) is 17.1 Å². The average molecular weight is 289 g/mol. The molecule has 1 aromatic carbocycles. The third-order valence-electron chi connectivity index (χ3n) is 3.68. The summed E-state index contributed by atoms with van der Waals surface area (Å²) in [6.45, 7) is 6.20. The molecule has 114 valence electrons. The van der Waals surface area contributed by atoms with E-state index in [-0.39, 0.29) is 12.6 Å². The fraction of sp³-hybridized carbons (Fsp3) is 0.500. The van der Waals surface area contributed by atoms with Crippen LogP contribution in [-0.2, 0) is 11.3 Å². The molecule has 0 fully saturated rings. The number of benzene rings is 1. The molecule has 1 heterocycles. The highest BCUT2D eigenvalue weighted by Gasteiger charge is 2.25. The van der Waals surface area contributed by atoms with Gasteiger partial charge in [-0.15, -0.1) is 0 Å². The molecule has 1 unspecified atom stereocenters. The zero-order chi connectivity index (χ0) is 15.7. The molecule has 5 nitrogen and oxygen atoms in total. The highest BCUT2D eigenvalue weighted by Crippen LogP contribution is 2.29. The third-order valence-corrected chi connectivity index (χ3v) is 3.68. The van der Waals surface area contributed by atoms with Gasteiger partial charge >= 0.3 is 5.97 Å². The van der Waals surface area contributed by atoms with Crippen LogP contribution >= 0.6 is 0 Å². The zero-order valence-electron chi connectivity index (χ0n) is 13.3. The number of rotatable bonds is 5. The Morgan fingerprint density at radius 1 is 1.38 bits per heavy atom. The minimum absolute atomic E-state index is 0.0635. The molecule has 0 saturated carbocycles. The summed E-state index contributed by atoms with van der Waals surface area (Å²) in [5.74, 6) is 0.306. The normalized spacial score (nSPS) is 13.3. The molecule has 0 saturated heterocycles. The van der Waals surface area contributed by atoms with Crippen LogP contribution < -0.4 is 0 Å². The van der Waals surface area contributed by atoms with E-state index < -0.39 is 5.97 Å². The molecule has 21 heavy (non-hydrogen) atoms. The van der Waals surface area contributed by atoms with Gasteiger partial charge in [0, 0.05) is 0 Å². The fourth-order valence-electron chi connectivity index (χ4n) is 2.91. The zero-order valence-corrected chi connectivity index (χ0v) is 13.3. The Bertz CT molecular complexity index is 651. The van der Waals surface area contributed by atoms with Gasteiger partial charge in [-0.25, -0.2) is 4.98 Å². The highest BCUT2D eigenvalue weighted by molar-refractivity contribution is 5.79. The van der Waals surface area contributed by atoms with Crippen molar-refractivity contribution in [2.45, 2.75) is 33.4 Å². The lowest BCUT2D eigenvalue weighted by atomic mass is 10.0. The van der Waals surface area contributed by atoms with Crippen LogP contribution in [-0.4, -0.2) is 39.6 Å². The predicted molar refractivity (Wildman–Crippen MR) is 83.4 cm³/mol. The van der Waals surface area contributed by atoms with Gasteiger partial charge < -0.3 is 9.67 Å². The number of aryl methyl sites for hydroxylation is 1. The first kappa shape index (κ1) is 15.5. The average Bonchev–Trinajstić information content (AvgIpc) is 2.65. The van der Waals surface area contributed by atoms with Gasteiger partial charge in [-0.2, -0.15) is 0 Å². The van der Waals surface area contributed by atoms with Gasteiger partial charge in [0.1, 0.15) is 12.4 Å². The van der Waals surface area contributed by atoms with Crippen LogP contribution in [0.25, 0.3) is 11.0 Å². The number of aromatic nitrogens is 2. The summed E-state index contributed by atoms with van der Waals surface area (Å²) in [5.41, 5.74) is 2.87. The van der Waals surface area contributed by atoms with Gasteiger partial charge in [0.2, 0.25) is 0 Å². The lowest BCUT2D eigenvalue weighted by Gasteiger charge is -2.27. The summed E-state index contributed by atoms with van der Waals surface area (Å²) >= 11 is 0. The molecule has 5 heteroatoms. The minimum atomic E-state index is -0.850. The van der Waals surface area contributed by atoms with Crippen molar-refractivity contribution in [1.82, 2.24) is 14.5 Å². The van der Waals surface area contributed by atoms with Crippen molar-refractivity contribution in [1.29, 1.82) is 0 Å². The van der Waals surface area contributed by atoms with Crippen molar-refractivity contribution >= 4 is 17.0 Å². The maximum Gasteiger partial charge on any atom is 0.323 e. The fourth-order valence-corrected chi connectivity index (χ4v) is 2.91. The SMILES string of the molecule is Cc1ccc2c(c1)nc(C(C(C)C)N(C)C)n2CC(=O)O. The smallest absolute Gasteiger partial charge is 0.323 e. The number of carbonyl (C=O) groups is 1. The first-order valence-corrected chi connectivity index (χ1v) is 7.16. The van der Waals surface area contributed by atoms with E-state index in [9.17, 15) is 9.90 Å². The van der Waals surface area contributed by atoms with E-state index in [1.54, 1.807) is 0 Å².